The summed E-state index contributed by atoms with van der Waals surface area (Å²) in [4.78, 5) is 10.3. The van der Waals surface area contributed by atoms with E-state index in [1.807, 2.05) is 61.2 Å². The average Bonchev–Trinajstić information content (AvgIpc) is 2.86. The molecular weight excluding hydrogens is 266 g/mol. The monoisotopic (exact) mass is 283 g/mol. The molecule has 0 saturated carbocycles. The molecule has 0 radical (unpaired) electrons. The predicted molar refractivity (Wildman–Crippen MR) is 83.0 cm³/mol. The first kappa shape index (κ1) is 13.2. The van der Waals surface area contributed by atoms with Crippen LogP contribution >= 0.6 is 0 Å². The van der Waals surface area contributed by atoms with Crippen LogP contribution in [0.2, 0.25) is 0 Å². The van der Waals surface area contributed by atoms with Gasteiger partial charge in [-0.05, 0) is 38.1 Å². The number of guanidine groups is 2. The number of anilines is 1. The van der Waals surface area contributed by atoms with Crippen molar-refractivity contribution in [3.05, 3.63) is 54.0 Å². The lowest BCUT2D eigenvalue weighted by atomic mass is 10.1. The summed E-state index contributed by atoms with van der Waals surface area (Å²) < 4.78 is 5.76. The number of nitrogens with two attached hydrogens (primary N) is 2. The Morgan fingerprint density at radius 3 is 2.43 bits per heavy atom. The Labute approximate surface area is 122 Å². The van der Waals surface area contributed by atoms with Gasteiger partial charge in [0.05, 0.1) is 0 Å². The van der Waals surface area contributed by atoms with Gasteiger partial charge in [-0.3, -0.25) is 4.90 Å². The fourth-order valence-electron chi connectivity index (χ4n) is 2.50. The van der Waals surface area contributed by atoms with Gasteiger partial charge >= 0.3 is 0 Å². The van der Waals surface area contributed by atoms with E-state index >= 15 is 0 Å². The third kappa shape index (κ3) is 2.14. The van der Waals surface area contributed by atoms with Gasteiger partial charge in [0, 0.05) is 5.69 Å². The second-order valence-electron chi connectivity index (χ2n) is 5.04. The second kappa shape index (κ2) is 4.66. The van der Waals surface area contributed by atoms with E-state index in [2.05, 4.69) is 9.98 Å². The maximum absolute atomic E-state index is 6.09. The van der Waals surface area contributed by atoms with Gasteiger partial charge in [-0.2, -0.15) is 4.99 Å². The molecule has 0 bridgehead atoms. The maximum atomic E-state index is 6.09. The average molecular weight is 283 g/mol. The highest BCUT2D eigenvalue weighted by Gasteiger charge is 2.41. The summed E-state index contributed by atoms with van der Waals surface area (Å²) >= 11 is 0. The highest BCUT2D eigenvalue weighted by molar-refractivity contribution is 6.05. The number of hydrogen-bond donors (Lipinski definition) is 2. The molecule has 1 aromatic carbocycles. The number of aliphatic imine (C=N–C) groups is 2. The Hall–Kier alpha value is -2.76. The zero-order valence-electron chi connectivity index (χ0n) is 11.9. The molecule has 0 amide bonds. The van der Waals surface area contributed by atoms with Crippen molar-refractivity contribution in [3.8, 4) is 0 Å². The van der Waals surface area contributed by atoms with Gasteiger partial charge in [0.2, 0.25) is 11.9 Å². The van der Waals surface area contributed by atoms with Crippen molar-refractivity contribution < 1.29 is 4.42 Å². The van der Waals surface area contributed by atoms with E-state index in [1.54, 1.807) is 0 Å². The summed E-state index contributed by atoms with van der Waals surface area (Å²) in [6.45, 7) is 3.78. The number of para-hydroxylation sites is 1. The third-order valence-electron chi connectivity index (χ3n) is 3.45. The van der Waals surface area contributed by atoms with Crippen molar-refractivity contribution in [3.63, 3.8) is 0 Å². The van der Waals surface area contributed by atoms with Crippen LogP contribution in [0.15, 0.2) is 56.9 Å². The summed E-state index contributed by atoms with van der Waals surface area (Å²) in [6, 6.07) is 13.4. The predicted octanol–water partition coefficient (Wildman–Crippen LogP) is 1.91. The van der Waals surface area contributed by atoms with Crippen LogP contribution in [0.5, 0.6) is 0 Å². The minimum atomic E-state index is -0.870. The topological polar surface area (TPSA) is 93.1 Å². The second-order valence-corrected chi connectivity index (χ2v) is 5.04. The molecular formula is C15H17N5O. The van der Waals surface area contributed by atoms with E-state index in [1.165, 1.54) is 0 Å². The molecule has 108 valence electrons. The molecule has 21 heavy (non-hydrogen) atoms. The van der Waals surface area contributed by atoms with E-state index in [9.17, 15) is 0 Å². The highest BCUT2D eigenvalue weighted by Crippen LogP contribution is 2.36. The molecule has 0 aliphatic carbocycles. The number of rotatable bonds is 2. The van der Waals surface area contributed by atoms with Crippen molar-refractivity contribution in [2.24, 2.45) is 21.5 Å². The van der Waals surface area contributed by atoms with Crippen LogP contribution in [-0.4, -0.2) is 11.9 Å². The van der Waals surface area contributed by atoms with Crippen LogP contribution in [0.3, 0.4) is 0 Å². The van der Waals surface area contributed by atoms with Crippen LogP contribution in [0, 0.1) is 6.92 Å². The standard InChI is InChI=1S/C15H17N5O/c1-10-8-9-12(21-10)15(2)19-13(16)18-14(17)20(15)11-6-4-3-5-7-11/h3-9H,1-2H3,(H4,16,17,18,19). The summed E-state index contributed by atoms with van der Waals surface area (Å²) in [5.74, 6) is 1.88. The van der Waals surface area contributed by atoms with E-state index < -0.39 is 5.66 Å². The minimum absolute atomic E-state index is 0.135. The molecule has 3 rings (SSSR count). The molecule has 1 aromatic heterocycles. The van der Waals surface area contributed by atoms with Crippen LogP contribution < -0.4 is 16.4 Å². The summed E-state index contributed by atoms with van der Waals surface area (Å²) in [5, 5.41) is 0. The van der Waals surface area contributed by atoms with Gasteiger partial charge < -0.3 is 15.9 Å². The van der Waals surface area contributed by atoms with Gasteiger partial charge in [0.15, 0.2) is 11.4 Å². The largest absolute Gasteiger partial charge is 0.462 e. The number of aryl methyl sites for hydroxylation is 1. The van der Waals surface area contributed by atoms with Crippen molar-refractivity contribution in [1.82, 2.24) is 0 Å². The fourth-order valence-corrected chi connectivity index (χ4v) is 2.50. The Morgan fingerprint density at radius 2 is 1.81 bits per heavy atom. The molecule has 2 heterocycles. The zero-order chi connectivity index (χ0) is 15.0. The van der Waals surface area contributed by atoms with E-state index in [0.29, 0.717) is 5.76 Å². The molecule has 6 nitrogen and oxygen atoms in total. The molecule has 4 N–H and O–H groups in total. The number of nitrogens with zero attached hydrogens (tertiary/aromatic N) is 3. The van der Waals surface area contributed by atoms with Crippen molar-refractivity contribution in [2.75, 3.05) is 4.90 Å². The fraction of sp³-hybridized carbons (Fsp3) is 0.200. The Balaban J connectivity index is 2.17. The van der Waals surface area contributed by atoms with Crippen LogP contribution in [-0.2, 0) is 5.66 Å². The number of benzene rings is 1. The van der Waals surface area contributed by atoms with Gasteiger partial charge in [0.1, 0.15) is 5.76 Å². The minimum Gasteiger partial charge on any atom is -0.462 e. The maximum Gasteiger partial charge on any atom is 0.221 e. The first-order valence-corrected chi connectivity index (χ1v) is 6.62. The van der Waals surface area contributed by atoms with Gasteiger partial charge in [-0.1, -0.05) is 18.2 Å². The van der Waals surface area contributed by atoms with E-state index in [-0.39, 0.29) is 11.9 Å². The summed E-state index contributed by atoms with van der Waals surface area (Å²) in [5.41, 5.74) is 11.9. The van der Waals surface area contributed by atoms with Crippen molar-refractivity contribution >= 4 is 17.6 Å². The van der Waals surface area contributed by atoms with Crippen LogP contribution in [0.1, 0.15) is 18.4 Å². The lowest BCUT2D eigenvalue weighted by molar-refractivity contribution is 0.366. The van der Waals surface area contributed by atoms with Crippen molar-refractivity contribution in [2.45, 2.75) is 19.5 Å². The number of furan rings is 1. The smallest absolute Gasteiger partial charge is 0.221 e. The molecule has 2 aromatic rings. The lowest BCUT2D eigenvalue weighted by Crippen LogP contribution is -2.54. The molecule has 0 saturated heterocycles. The first-order valence-electron chi connectivity index (χ1n) is 6.62. The number of hydrogen-bond acceptors (Lipinski definition) is 6. The third-order valence-corrected chi connectivity index (χ3v) is 3.45. The van der Waals surface area contributed by atoms with Crippen LogP contribution in [0.4, 0.5) is 5.69 Å². The SMILES string of the molecule is Cc1ccc(C2(C)N=C(N)N=C(N)N2c2ccccc2)o1. The lowest BCUT2D eigenvalue weighted by Gasteiger charge is -2.39. The first-order chi connectivity index (χ1) is 10.0. The van der Waals surface area contributed by atoms with E-state index in [0.717, 1.165) is 11.4 Å². The van der Waals surface area contributed by atoms with Gasteiger partial charge in [-0.15, -0.1) is 0 Å². The molecule has 0 fully saturated rings. The Bertz CT molecular complexity index is 719. The van der Waals surface area contributed by atoms with Gasteiger partial charge in [-0.25, -0.2) is 4.99 Å². The van der Waals surface area contributed by atoms with Gasteiger partial charge in [0.25, 0.3) is 0 Å². The Morgan fingerprint density at radius 1 is 1.10 bits per heavy atom. The molecule has 1 unspecified atom stereocenters. The quantitative estimate of drug-likeness (QED) is 0.880. The normalized spacial score (nSPS) is 21.9. The summed E-state index contributed by atoms with van der Waals surface area (Å²) in [6.07, 6.45) is 0. The van der Waals surface area contributed by atoms with E-state index in [4.69, 9.17) is 15.9 Å². The highest BCUT2D eigenvalue weighted by atomic mass is 16.3. The van der Waals surface area contributed by atoms with Crippen molar-refractivity contribution in [1.29, 1.82) is 0 Å². The molecule has 6 heteroatoms. The Kier molecular flexibility index (Phi) is 2.94. The van der Waals surface area contributed by atoms with Crippen LogP contribution in [0.25, 0.3) is 0 Å². The molecule has 0 spiro atoms. The summed E-state index contributed by atoms with van der Waals surface area (Å²) in [7, 11) is 0. The molecule has 1 atom stereocenters. The molecule has 1 aliphatic rings. The molecule has 1 aliphatic heterocycles. The zero-order valence-corrected chi connectivity index (χ0v) is 11.9.